The van der Waals surface area contributed by atoms with Crippen LogP contribution in [0.4, 0.5) is 0 Å². The Labute approximate surface area is 173 Å². The van der Waals surface area contributed by atoms with Crippen LogP contribution >= 0.6 is 0 Å². The van der Waals surface area contributed by atoms with Crippen molar-refractivity contribution in [1.82, 2.24) is 19.4 Å². The summed E-state index contributed by atoms with van der Waals surface area (Å²) in [5, 5.41) is 2.88. The number of aryl methyl sites for hydroxylation is 1. The second-order valence-electron chi connectivity index (χ2n) is 7.01. The molecule has 7 heteroatoms. The van der Waals surface area contributed by atoms with Gasteiger partial charge in [0, 0.05) is 12.7 Å². The van der Waals surface area contributed by atoms with Crippen molar-refractivity contribution in [3.8, 4) is 11.4 Å². The Hall–Kier alpha value is -3.87. The minimum Gasteiger partial charge on any atom is -0.497 e. The van der Waals surface area contributed by atoms with Crippen LogP contribution in [0.15, 0.2) is 71.7 Å². The van der Waals surface area contributed by atoms with E-state index in [0.29, 0.717) is 29.1 Å². The number of hydrogen-bond acceptors (Lipinski definition) is 4. The third kappa shape index (κ3) is 3.82. The topological polar surface area (TPSA) is 78.1 Å². The molecule has 30 heavy (non-hydrogen) atoms. The molecule has 4 aromatic rings. The molecule has 1 amide bonds. The Morgan fingerprint density at radius 2 is 1.80 bits per heavy atom. The number of fused-ring (bicyclic) bond motifs is 1. The summed E-state index contributed by atoms with van der Waals surface area (Å²) in [6, 6.07) is 18.6. The summed E-state index contributed by atoms with van der Waals surface area (Å²) in [4.78, 5) is 30.1. The summed E-state index contributed by atoms with van der Waals surface area (Å²) in [6.45, 7) is 2.33. The minimum absolute atomic E-state index is 0.0873. The number of hydrogen-bond donors (Lipinski definition) is 1. The highest BCUT2D eigenvalue weighted by Crippen LogP contribution is 2.18. The van der Waals surface area contributed by atoms with Gasteiger partial charge >= 0.3 is 5.69 Å². The molecule has 0 bridgehead atoms. The number of imidazole rings is 1. The summed E-state index contributed by atoms with van der Waals surface area (Å²) < 4.78 is 8.13. The van der Waals surface area contributed by atoms with E-state index in [0.717, 1.165) is 11.1 Å². The second-order valence-corrected chi connectivity index (χ2v) is 7.01. The number of carbonyl (C=O) groups is 1. The van der Waals surface area contributed by atoms with E-state index in [1.54, 1.807) is 49.7 Å². The maximum atomic E-state index is 13.2. The summed E-state index contributed by atoms with van der Waals surface area (Å²) >= 11 is 0. The van der Waals surface area contributed by atoms with Crippen LogP contribution in [-0.4, -0.2) is 27.1 Å². The van der Waals surface area contributed by atoms with Crippen molar-refractivity contribution in [3.63, 3.8) is 0 Å². The smallest absolute Gasteiger partial charge is 0.335 e. The van der Waals surface area contributed by atoms with Crippen molar-refractivity contribution in [2.24, 2.45) is 0 Å². The average Bonchev–Trinajstić information content (AvgIpc) is 3.05. The average molecular weight is 402 g/mol. The zero-order chi connectivity index (χ0) is 21.1. The van der Waals surface area contributed by atoms with Crippen LogP contribution in [-0.2, 0) is 17.9 Å². The number of aromatic nitrogens is 3. The molecule has 2 aromatic heterocycles. The number of rotatable bonds is 6. The number of amides is 1. The molecule has 152 valence electrons. The Kier molecular flexibility index (Phi) is 5.34. The summed E-state index contributed by atoms with van der Waals surface area (Å²) in [7, 11) is 1.59. The number of ether oxygens (including phenoxy) is 1. The lowest BCUT2D eigenvalue weighted by molar-refractivity contribution is -0.121. The zero-order valence-electron chi connectivity index (χ0n) is 16.8. The van der Waals surface area contributed by atoms with E-state index in [4.69, 9.17) is 4.74 Å². The molecule has 0 aliphatic heterocycles. The monoisotopic (exact) mass is 402 g/mol. The molecule has 7 nitrogen and oxygen atoms in total. The maximum absolute atomic E-state index is 13.2. The van der Waals surface area contributed by atoms with Gasteiger partial charge in [-0.15, -0.1) is 0 Å². The molecule has 0 radical (unpaired) electrons. The predicted octanol–water partition coefficient (Wildman–Crippen LogP) is 2.82. The molecule has 4 rings (SSSR count). The second kappa shape index (κ2) is 8.24. The van der Waals surface area contributed by atoms with E-state index in [1.165, 1.54) is 9.13 Å². The molecule has 1 N–H and O–H groups in total. The van der Waals surface area contributed by atoms with Crippen LogP contribution in [0.25, 0.3) is 16.9 Å². The SMILES string of the molecule is COc1ccc(-n2c(=O)n(CC(=O)NCc3ccc(C)cc3)c3cccnc32)cc1. The fourth-order valence-corrected chi connectivity index (χ4v) is 3.31. The summed E-state index contributed by atoms with van der Waals surface area (Å²) in [5.74, 6) is 0.453. The largest absolute Gasteiger partial charge is 0.497 e. The minimum atomic E-state index is -0.320. The summed E-state index contributed by atoms with van der Waals surface area (Å²) in [6.07, 6.45) is 1.63. The van der Waals surface area contributed by atoms with Crippen molar-refractivity contribution in [2.45, 2.75) is 20.0 Å². The highest BCUT2D eigenvalue weighted by molar-refractivity contribution is 5.80. The molecule has 0 aliphatic carbocycles. The fraction of sp³-hybridized carbons (Fsp3) is 0.174. The van der Waals surface area contributed by atoms with Gasteiger partial charge in [0.15, 0.2) is 5.65 Å². The van der Waals surface area contributed by atoms with Gasteiger partial charge in [-0.25, -0.2) is 14.3 Å². The molecule has 0 fully saturated rings. The molecule has 0 saturated heterocycles. The van der Waals surface area contributed by atoms with Crippen molar-refractivity contribution >= 4 is 17.1 Å². The number of methoxy groups -OCH3 is 1. The van der Waals surface area contributed by atoms with Crippen LogP contribution < -0.4 is 15.7 Å². The standard InChI is InChI=1S/C23H22N4O3/c1-16-5-7-17(8-6-16)14-25-21(28)15-26-20-4-3-13-24-22(20)27(23(26)29)18-9-11-19(30-2)12-10-18/h3-13H,14-15H2,1-2H3,(H,25,28). The fourth-order valence-electron chi connectivity index (χ4n) is 3.31. The first kappa shape index (κ1) is 19.4. The van der Waals surface area contributed by atoms with E-state index >= 15 is 0 Å². The van der Waals surface area contributed by atoms with Crippen LogP contribution in [0.2, 0.25) is 0 Å². The van der Waals surface area contributed by atoms with Gasteiger partial charge in [-0.05, 0) is 48.9 Å². The van der Waals surface area contributed by atoms with E-state index < -0.39 is 0 Å². The molecule has 0 aliphatic rings. The van der Waals surface area contributed by atoms with Crippen molar-refractivity contribution in [1.29, 1.82) is 0 Å². The quantitative estimate of drug-likeness (QED) is 0.538. The highest BCUT2D eigenvalue weighted by atomic mass is 16.5. The third-order valence-electron chi connectivity index (χ3n) is 4.93. The normalized spacial score (nSPS) is 10.9. The van der Waals surface area contributed by atoms with Crippen LogP contribution in [0.3, 0.4) is 0 Å². The molecule has 0 unspecified atom stereocenters. The van der Waals surface area contributed by atoms with Gasteiger partial charge in [0.1, 0.15) is 12.3 Å². The Morgan fingerprint density at radius 1 is 1.07 bits per heavy atom. The maximum Gasteiger partial charge on any atom is 0.335 e. The Morgan fingerprint density at radius 3 is 2.50 bits per heavy atom. The lowest BCUT2D eigenvalue weighted by Gasteiger charge is -2.07. The van der Waals surface area contributed by atoms with Gasteiger partial charge < -0.3 is 10.1 Å². The van der Waals surface area contributed by atoms with Gasteiger partial charge in [-0.2, -0.15) is 0 Å². The molecular weight excluding hydrogens is 380 g/mol. The highest BCUT2D eigenvalue weighted by Gasteiger charge is 2.17. The molecule has 2 heterocycles. The van der Waals surface area contributed by atoms with Gasteiger partial charge in [0.2, 0.25) is 5.91 Å². The van der Waals surface area contributed by atoms with Crippen LogP contribution in [0.1, 0.15) is 11.1 Å². The van der Waals surface area contributed by atoms with Crippen LogP contribution in [0, 0.1) is 6.92 Å². The van der Waals surface area contributed by atoms with E-state index in [2.05, 4.69) is 10.3 Å². The number of carbonyl (C=O) groups excluding carboxylic acids is 1. The third-order valence-corrected chi connectivity index (χ3v) is 4.93. The van der Waals surface area contributed by atoms with Gasteiger partial charge in [0.25, 0.3) is 0 Å². The number of benzene rings is 2. The van der Waals surface area contributed by atoms with E-state index in [9.17, 15) is 9.59 Å². The lowest BCUT2D eigenvalue weighted by Crippen LogP contribution is -2.32. The van der Waals surface area contributed by atoms with Crippen molar-refractivity contribution < 1.29 is 9.53 Å². The predicted molar refractivity (Wildman–Crippen MR) is 115 cm³/mol. The first-order valence-corrected chi connectivity index (χ1v) is 9.60. The Balaban J connectivity index is 1.62. The van der Waals surface area contributed by atoms with Gasteiger partial charge in [0.05, 0.1) is 18.3 Å². The first-order valence-electron chi connectivity index (χ1n) is 9.60. The number of nitrogens with zero attached hydrogens (tertiary/aromatic N) is 3. The zero-order valence-corrected chi connectivity index (χ0v) is 16.8. The number of pyridine rings is 1. The molecule has 0 spiro atoms. The van der Waals surface area contributed by atoms with E-state index in [-0.39, 0.29) is 18.1 Å². The molecule has 0 saturated carbocycles. The van der Waals surface area contributed by atoms with Gasteiger partial charge in [-0.3, -0.25) is 9.36 Å². The molecular formula is C23H22N4O3. The molecule has 0 atom stereocenters. The van der Waals surface area contributed by atoms with Gasteiger partial charge in [-0.1, -0.05) is 29.8 Å². The number of nitrogens with one attached hydrogen (secondary N) is 1. The first-order chi connectivity index (χ1) is 14.6. The van der Waals surface area contributed by atoms with E-state index in [1.807, 2.05) is 31.2 Å². The van der Waals surface area contributed by atoms with Crippen molar-refractivity contribution in [3.05, 3.63) is 88.5 Å². The Bertz CT molecular complexity index is 1240. The van der Waals surface area contributed by atoms with Crippen LogP contribution in [0.5, 0.6) is 5.75 Å². The molecule has 2 aromatic carbocycles. The lowest BCUT2D eigenvalue weighted by atomic mass is 10.1. The van der Waals surface area contributed by atoms with Crippen molar-refractivity contribution in [2.75, 3.05) is 7.11 Å². The summed E-state index contributed by atoms with van der Waals surface area (Å²) in [5.41, 5.74) is 3.60.